The average molecular weight is 242 g/mol. The van der Waals surface area contributed by atoms with Gasteiger partial charge in [-0.25, -0.2) is 0 Å². The van der Waals surface area contributed by atoms with Crippen molar-refractivity contribution in [2.24, 2.45) is 11.7 Å². The first-order chi connectivity index (χ1) is 8.61. The number of aromatic amines is 1. The molecule has 0 saturated carbocycles. The SMILES string of the molecule is Cc1[nH]c2cc(C=CC(C)C)ccc2c1CCN. The van der Waals surface area contributed by atoms with Crippen LogP contribution in [0.25, 0.3) is 17.0 Å². The Morgan fingerprint density at radius 3 is 2.78 bits per heavy atom. The molecule has 2 aromatic rings. The number of aromatic nitrogens is 1. The quantitative estimate of drug-likeness (QED) is 0.844. The highest BCUT2D eigenvalue weighted by molar-refractivity contribution is 5.86. The lowest BCUT2D eigenvalue weighted by molar-refractivity contribution is 0.836. The summed E-state index contributed by atoms with van der Waals surface area (Å²) in [5, 5.41) is 1.31. The van der Waals surface area contributed by atoms with E-state index in [1.54, 1.807) is 0 Å². The zero-order chi connectivity index (χ0) is 13.1. The Kier molecular flexibility index (Phi) is 3.87. The fraction of sp³-hybridized carbons (Fsp3) is 0.375. The molecule has 0 unspecified atom stereocenters. The Bertz CT molecular complexity index is 562. The molecule has 0 atom stereocenters. The second-order valence-corrected chi connectivity index (χ2v) is 5.18. The molecule has 3 N–H and O–H groups in total. The lowest BCUT2D eigenvalue weighted by Gasteiger charge is -1.99. The maximum Gasteiger partial charge on any atom is 0.0464 e. The van der Waals surface area contributed by atoms with E-state index in [0.717, 1.165) is 6.42 Å². The van der Waals surface area contributed by atoms with Gasteiger partial charge < -0.3 is 10.7 Å². The molecule has 0 amide bonds. The number of fused-ring (bicyclic) bond motifs is 1. The first-order valence-electron chi connectivity index (χ1n) is 6.61. The predicted octanol–water partition coefficient (Wildman–Crippen LogP) is 3.65. The van der Waals surface area contributed by atoms with Crippen LogP contribution in [0.15, 0.2) is 24.3 Å². The van der Waals surface area contributed by atoms with Crippen LogP contribution in [-0.4, -0.2) is 11.5 Å². The lowest BCUT2D eigenvalue weighted by Crippen LogP contribution is -2.03. The molecule has 1 aromatic heterocycles. The molecule has 0 spiro atoms. The van der Waals surface area contributed by atoms with E-state index in [1.165, 1.54) is 27.7 Å². The molecule has 1 aromatic carbocycles. The molecule has 96 valence electrons. The highest BCUT2D eigenvalue weighted by atomic mass is 14.7. The number of rotatable bonds is 4. The number of H-pyrrole nitrogens is 1. The number of hydrogen-bond acceptors (Lipinski definition) is 1. The molecule has 0 saturated heterocycles. The standard InChI is InChI=1S/C16H22N2/c1-11(2)4-5-13-6-7-15-14(8-9-17)12(3)18-16(15)10-13/h4-7,10-11,18H,8-9,17H2,1-3H3. The van der Waals surface area contributed by atoms with Crippen LogP contribution in [0.4, 0.5) is 0 Å². The van der Waals surface area contributed by atoms with Crippen LogP contribution in [-0.2, 0) is 6.42 Å². The maximum absolute atomic E-state index is 5.67. The third-order valence-electron chi connectivity index (χ3n) is 3.21. The summed E-state index contributed by atoms with van der Waals surface area (Å²) < 4.78 is 0. The molecule has 18 heavy (non-hydrogen) atoms. The first-order valence-corrected chi connectivity index (χ1v) is 6.61. The summed E-state index contributed by atoms with van der Waals surface area (Å²) in [5.74, 6) is 0.582. The van der Waals surface area contributed by atoms with Crippen molar-refractivity contribution < 1.29 is 0 Å². The number of hydrogen-bond donors (Lipinski definition) is 2. The summed E-state index contributed by atoms with van der Waals surface area (Å²) in [6, 6.07) is 6.58. The monoisotopic (exact) mass is 242 g/mol. The van der Waals surface area contributed by atoms with Crippen LogP contribution < -0.4 is 5.73 Å². The fourth-order valence-electron chi connectivity index (χ4n) is 2.28. The number of aryl methyl sites for hydroxylation is 1. The van der Waals surface area contributed by atoms with Gasteiger partial charge in [-0.2, -0.15) is 0 Å². The Morgan fingerprint density at radius 2 is 2.11 bits per heavy atom. The Balaban J connectivity index is 2.41. The molecule has 0 fully saturated rings. The average Bonchev–Trinajstić information content (AvgIpc) is 2.63. The van der Waals surface area contributed by atoms with E-state index in [-0.39, 0.29) is 0 Å². The summed E-state index contributed by atoms with van der Waals surface area (Å²) in [4.78, 5) is 3.45. The van der Waals surface area contributed by atoms with E-state index in [4.69, 9.17) is 5.73 Å². The summed E-state index contributed by atoms with van der Waals surface area (Å²) >= 11 is 0. The van der Waals surface area contributed by atoms with Gasteiger partial charge in [-0.3, -0.25) is 0 Å². The highest BCUT2D eigenvalue weighted by Gasteiger charge is 2.07. The van der Waals surface area contributed by atoms with Gasteiger partial charge in [-0.1, -0.05) is 38.1 Å². The van der Waals surface area contributed by atoms with E-state index in [0.29, 0.717) is 12.5 Å². The topological polar surface area (TPSA) is 41.8 Å². The normalized spacial score (nSPS) is 12.1. The largest absolute Gasteiger partial charge is 0.358 e. The minimum atomic E-state index is 0.582. The van der Waals surface area contributed by atoms with E-state index < -0.39 is 0 Å². The number of nitrogens with two attached hydrogens (primary N) is 1. The predicted molar refractivity (Wildman–Crippen MR) is 79.7 cm³/mol. The summed E-state index contributed by atoms with van der Waals surface area (Å²) in [6.45, 7) is 7.19. The lowest BCUT2D eigenvalue weighted by atomic mass is 10.1. The highest BCUT2D eigenvalue weighted by Crippen LogP contribution is 2.24. The zero-order valence-electron chi connectivity index (χ0n) is 11.5. The Labute approximate surface area is 109 Å². The van der Waals surface area contributed by atoms with Gasteiger partial charge in [0, 0.05) is 16.6 Å². The van der Waals surface area contributed by atoms with E-state index in [1.807, 2.05) is 0 Å². The zero-order valence-corrected chi connectivity index (χ0v) is 11.5. The number of nitrogens with one attached hydrogen (secondary N) is 1. The van der Waals surface area contributed by atoms with Crippen molar-refractivity contribution in [2.75, 3.05) is 6.54 Å². The van der Waals surface area contributed by atoms with Crippen molar-refractivity contribution in [3.05, 3.63) is 41.1 Å². The van der Waals surface area contributed by atoms with E-state index >= 15 is 0 Å². The van der Waals surface area contributed by atoms with Crippen LogP contribution in [0.1, 0.15) is 30.7 Å². The van der Waals surface area contributed by atoms with Crippen molar-refractivity contribution >= 4 is 17.0 Å². The molecule has 0 aliphatic heterocycles. The van der Waals surface area contributed by atoms with Crippen molar-refractivity contribution in [1.29, 1.82) is 0 Å². The molecular formula is C16H22N2. The van der Waals surface area contributed by atoms with Gasteiger partial charge in [0.05, 0.1) is 0 Å². The van der Waals surface area contributed by atoms with Crippen LogP contribution >= 0.6 is 0 Å². The minimum absolute atomic E-state index is 0.582. The molecule has 2 nitrogen and oxygen atoms in total. The minimum Gasteiger partial charge on any atom is -0.358 e. The summed E-state index contributed by atoms with van der Waals surface area (Å²) in [5.41, 5.74) is 10.7. The van der Waals surface area contributed by atoms with Crippen LogP contribution in [0, 0.1) is 12.8 Å². The third-order valence-corrected chi connectivity index (χ3v) is 3.21. The number of allylic oxidation sites excluding steroid dienone is 1. The van der Waals surface area contributed by atoms with Gasteiger partial charge in [0.25, 0.3) is 0 Å². The van der Waals surface area contributed by atoms with Gasteiger partial charge in [-0.05, 0) is 43.0 Å². The fourth-order valence-corrected chi connectivity index (χ4v) is 2.28. The second-order valence-electron chi connectivity index (χ2n) is 5.18. The summed E-state index contributed by atoms with van der Waals surface area (Å²) in [7, 11) is 0. The van der Waals surface area contributed by atoms with Crippen molar-refractivity contribution in [2.45, 2.75) is 27.2 Å². The molecule has 2 heteroatoms. The van der Waals surface area contributed by atoms with Gasteiger partial charge in [0.15, 0.2) is 0 Å². The molecule has 0 radical (unpaired) electrons. The van der Waals surface area contributed by atoms with Gasteiger partial charge in [-0.15, -0.1) is 0 Å². The Morgan fingerprint density at radius 1 is 1.33 bits per heavy atom. The van der Waals surface area contributed by atoms with Crippen LogP contribution in [0.2, 0.25) is 0 Å². The Hall–Kier alpha value is -1.54. The third kappa shape index (κ3) is 2.65. The summed E-state index contributed by atoms with van der Waals surface area (Å²) in [6.07, 6.45) is 5.34. The molecule has 1 heterocycles. The van der Waals surface area contributed by atoms with Gasteiger partial charge in [0.1, 0.15) is 0 Å². The molecule has 2 rings (SSSR count). The van der Waals surface area contributed by atoms with Crippen LogP contribution in [0.5, 0.6) is 0 Å². The second kappa shape index (κ2) is 5.40. The van der Waals surface area contributed by atoms with Crippen molar-refractivity contribution in [1.82, 2.24) is 4.98 Å². The van der Waals surface area contributed by atoms with Gasteiger partial charge >= 0.3 is 0 Å². The molecule has 0 aliphatic carbocycles. The van der Waals surface area contributed by atoms with Crippen LogP contribution in [0.3, 0.4) is 0 Å². The van der Waals surface area contributed by atoms with Crippen molar-refractivity contribution in [3.63, 3.8) is 0 Å². The smallest absolute Gasteiger partial charge is 0.0464 e. The molecule has 0 bridgehead atoms. The first kappa shape index (κ1) is 12.9. The van der Waals surface area contributed by atoms with E-state index in [2.05, 4.69) is 56.1 Å². The van der Waals surface area contributed by atoms with E-state index in [9.17, 15) is 0 Å². The molecular weight excluding hydrogens is 220 g/mol. The van der Waals surface area contributed by atoms with Gasteiger partial charge in [0.2, 0.25) is 0 Å². The molecule has 0 aliphatic rings. The maximum atomic E-state index is 5.67. The number of benzene rings is 1. The van der Waals surface area contributed by atoms with Crippen molar-refractivity contribution in [3.8, 4) is 0 Å².